The van der Waals surface area contributed by atoms with E-state index in [1.807, 2.05) is 48.1 Å². The lowest BCUT2D eigenvalue weighted by atomic mass is 10.0. The first-order valence-electron chi connectivity index (χ1n) is 11.8. The molecule has 180 valence electrons. The van der Waals surface area contributed by atoms with E-state index in [0.29, 0.717) is 30.4 Å². The Balaban J connectivity index is 1.46. The second-order valence-electron chi connectivity index (χ2n) is 8.71. The molecule has 1 heterocycles. The summed E-state index contributed by atoms with van der Waals surface area (Å²) in [6.45, 7) is 0. The van der Waals surface area contributed by atoms with Gasteiger partial charge in [0.1, 0.15) is 29.1 Å². The van der Waals surface area contributed by atoms with Gasteiger partial charge in [0, 0.05) is 31.9 Å². The van der Waals surface area contributed by atoms with Crippen LogP contribution in [0.3, 0.4) is 0 Å². The summed E-state index contributed by atoms with van der Waals surface area (Å²) in [6.07, 6.45) is 9.60. The molecule has 0 spiro atoms. The van der Waals surface area contributed by atoms with Gasteiger partial charge in [-0.25, -0.2) is 4.98 Å². The maximum Gasteiger partial charge on any atom is 0.221 e. The van der Waals surface area contributed by atoms with Crippen LogP contribution in [0.25, 0.3) is 0 Å². The van der Waals surface area contributed by atoms with E-state index in [1.54, 1.807) is 26.5 Å². The minimum absolute atomic E-state index is 0.0584. The van der Waals surface area contributed by atoms with Gasteiger partial charge in [-0.1, -0.05) is 12.1 Å². The van der Waals surface area contributed by atoms with Crippen molar-refractivity contribution < 1.29 is 19.0 Å². The number of carbonyl (C=O) groups excluding carboxylic acids is 1. The minimum atomic E-state index is -0.437. The van der Waals surface area contributed by atoms with Crippen LogP contribution in [0.2, 0.25) is 0 Å². The number of imidazole rings is 1. The summed E-state index contributed by atoms with van der Waals surface area (Å²) in [5, 5.41) is 3.16. The van der Waals surface area contributed by atoms with E-state index in [2.05, 4.69) is 16.4 Å². The fraction of sp³-hybridized carbons (Fsp3) is 0.407. The smallest absolute Gasteiger partial charge is 0.221 e. The highest BCUT2D eigenvalue weighted by atomic mass is 16.5. The van der Waals surface area contributed by atoms with E-state index in [9.17, 15) is 4.79 Å². The Morgan fingerprint density at radius 1 is 1.09 bits per heavy atom. The summed E-state index contributed by atoms with van der Waals surface area (Å²) in [5.41, 5.74) is 1.92. The molecule has 1 fully saturated rings. The Labute approximate surface area is 201 Å². The van der Waals surface area contributed by atoms with Gasteiger partial charge >= 0.3 is 0 Å². The second kappa shape index (κ2) is 11.1. The summed E-state index contributed by atoms with van der Waals surface area (Å²) in [6, 6.07) is 13.2. The molecule has 3 aromatic rings. The molecule has 1 unspecified atom stereocenters. The van der Waals surface area contributed by atoms with Crippen LogP contribution < -0.4 is 19.5 Å². The SMILES string of the molecule is COc1cc(OC)cc(C(NC(=O)CCc2cccc(OC3CCCC3)c2)c2nccn2C)c1. The van der Waals surface area contributed by atoms with Gasteiger partial charge in [0.25, 0.3) is 0 Å². The first kappa shape index (κ1) is 23.7. The van der Waals surface area contributed by atoms with Gasteiger partial charge in [-0.2, -0.15) is 0 Å². The highest BCUT2D eigenvalue weighted by molar-refractivity contribution is 5.77. The molecular formula is C27H33N3O4. The van der Waals surface area contributed by atoms with Gasteiger partial charge in [0.15, 0.2) is 0 Å². The van der Waals surface area contributed by atoms with Gasteiger partial charge < -0.3 is 24.1 Å². The number of nitrogens with zero attached hydrogens (tertiary/aromatic N) is 2. The van der Waals surface area contributed by atoms with Crippen LogP contribution in [0.4, 0.5) is 0 Å². The van der Waals surface area contributed by atoms with E-state index < -0.39 is 6.04 Å². The first-order valence-corrected chi connectivity index (χ1v) is 11.8. The molecule has 0 bridgehead atoms. The molecule has 4 rings (SSSR count). The molecule has 1 aromatic heterocycles. The van der Waals surface area contributed by atoms with Crippen molar-refractivity contribution in [3.63, 3.8) is 0 Å². The summed E-state index contributed by atoms with van der Waals surface area (Å²) in [5.74, 6) is 2.87. The molecule has 7 heteroatoms. The summed E-state index contributed by atoms with van der Waals surface area (Å²) >= 11 is 0. The van der Waals surface area contributed by atoms with Crippen molar-refractivity contribution >= 4 is 5.91 Å². The van der Waals surface area contributed by atoms with Gasteiger partial charge in [-0.3, -0.25) is 4.79 Å². The summed E-state index contributed by atoms with van der Waals surface area (Å²) < 4.78 is 18.9. The lowest BCUT2D eigenvalue weighted by molar-refractivity contribution is -0.121. The second-order valence-corrected chi connectivity index (χ2v) is 8.71. The average Bonchev–Trinajstić information content (AvgIpc) is 3.52. The predicted octanol–water partition coefficient (Wildman–Crippen LogP) is 4.60. The fourth-order valence-electron chi connectivity index (χ4n) is 4.41. The van der Waals surface area contributed by atoms with E-state index in [0.717, 1.165) is 35.5 Å². The van der Waals surface area contributed by atoms with Crippen LogP contribution >= 0.6 is 0 Å². The number of aryl methyl sites for hydroxylation is 2. The number of hydrogen-bond acceptors (Lipinski definition) is 5. The van der Waals surface area contributed by atoms with E-state index in [1.165, 1.54) is 12.8 Å². The molecule has 1 aliphatic rings. The van der Waals surface area contributed by atoms with Crippen molar-refractivity contribution in [2.75, 3.05) is 14.2 Å². The molecule has 1 saturated carbocycles. The number of amides is 1. The van der Waals surface area contributed by atoms with Crippen LogP contribution in [0.15, 0.2) is 54.9 Å². The summed E-state index contributed by atoms with van der Waals surface area (Å²) in [7, 11) is 5.13. The van der Waals surface area contributed by atoms with Gasteiger partial charge in [-0.05, 0) is 67.5 Å². The highest BCUT2D eigenvalue weighted by Gasteiger charge is 2.22. The van der Waals surface area contributed by atoms with E-state index in [-0.39, 0.29) is 5.91 Å². The Hall–Kier alpha value is -3.48. The molecule has 1 N–H and O–H groups in total. The zero-order chi connectivity index (χ0) is 23.9. The van der Waals surface area contributed by atoms with Crippen molar-refractivity contribution in [2.24, 2.45) is 7.05 Å². The largest absolute Gasteiger partial charge is 0.497 e. The molecular weight excluding hydrogens is 430 g/mol. The molecule has 0 radical (unpaired) electrons. The van der Waals surface area contributed by atoms with Crippen LogP contribution in [0.1, 0.15) is 55.1 Å². The molecule has 1 atom stereocenters. The first-order chi connectivity index (χ1) is 16.6. The Morgan fingerprint density at radius 3 is 2.47 bits per heavy atom. The molecule has 0 aliphatic heterocycles. The van der Waals surface area contributed by atoms with Crippen molar-refractivity contribution in [2.45, 2.75) is 50.7 Å². The monoisotopic (exact) mass is 463 g/mol. The Morgan fingerprint density at radius 2 is 1.82 bits per heavy atom. The van der Waals surface area contributed by atoms with Crippen LogP contribution in [-0.2, 0) is 18.3 Å². The van der Waals surface area contributed by atoms with E-state index >= 15 is 0 Å². The molecule has 1 amide bonds. The number of rotatable bonds is 10. The third-order valence-corrected chi connectivity index (χ3v) is 6.27. The van der Waals surface area contributed by atoms with Crippen molar-refractivity contribution in [1.82, 2.24) is 14.9 Å². The standard InChI is InChI=1S/C27H33N3O4/c1-30-14-13-28-27(30)26(20-16-23(32-2)18-24(17-20)33-3)29-25(31)12-11-19-7-6-10-22(15-19)34-21-8-4-5-9-21/h6-7,10,13-18,21,26H,4-5,8-9,11-12H2,1-3H3,(H,29,31). The normalized spacial score (nSPS) is 14.6. The topological polar surface area (TPSA) is 74.6 Å². The molecule has 0 saturated heterocycles. The molecule has 2 aromatic carbocycles. The van der Waals surface area contributed by atoms with Crippen molar-refractivity contribution in [3.05, 3.63) is 71.8 Å². The quantitative estimate of drug-likeness (QED) is 0.476. The van der Waals surface area contributed by atoms with Gasteiger partial charge in [0.05, 0.1) is 20.3 Å². The zero-order valence-corrected chi connectivity index (χ0v) is 20.1. The van der Waals surface area contributed by atoms with Crippen LogP contribution in [0, 0.1) is 0 Å². The number of nitrogens with one attached hydrogen (secondary N) is 1. The number of hydrogen-bond donors (Lipinski definition) is 1. The van der Waals surface area contributed by atoms with Crippen molar-refractivity contribution in [3.8, 4) is 17.2 Å². The fourth-order valence-corrected chi connectivity index (χ4v) is 4.41. The third kappa shape index (κ3) is 5.90. The van der Waals surface area contributed by atoms with Crippen LogP contribution in [0.5, 0.6) is 17.2 Å². The maximum atomic E-state index is 13.0. The average molecular weight is 464 g/mol. The predicted molar refractivity (Wildman–Crippen MR) is 130 cm³/mol. The molecule has 34 heavy (non-hydrogen) atoms. The number of carbonyl (C=O) groups is 1. The number of ether oxygens (including phenoxy) is 3. The lowest BCUT2D eigenvalue weighted by Gasteiger charge is -2.20. The van der Waals surface area contributed by atoms with Gasteiger partial charge in [-0.15, -0.1) is 0 Å². The number of aromatic nitrogens is 2. The molecule has 1 aliphatic carbocycles. The van der Waals surface area contributed by atoms with Crippen molar-refractivity contribution in [1.29, 1.82) is 0 Å². The minimum Gasteiger partial charge on any atom is -0.497 e. The number of benzene rings is 2. The number of methoxy groups -OCH3 is 2. The molecule has 7 nitrogen and oxygen atoms in total. The van der Waals surface area contributed by atoms with Crippen LogP contribution in [-0.4, -0.2) is 35.8 Å². The lowest BCUT2D eigenvalue weighted by Crippen LogP contribution is -2.31. The van der Waals surface area contributed by atoms with E-state index in [4.69, 9.17) is 14.2 Å². The van der Waals surface area contributed by atoms with Gasteiger partial charge in [0.2, 0.25) is 5.91 Å². The summed E-state index contributed by atoms with van der Waals surface area (Å²) in [4.78, 5) is 17.5. The Kier molecular flexibility index (Phi) is 7.72. The maximum absolute atomic E-state index is 13.0. The Bertz CT molecular complexity index is 1080. The zero-order valence-electron chi connectivity index (χ0n) is 20.1. The third-order valence-electron chi connectivity index (χ3n) is 6.27. The highest BCUT2D eigenvalue weighted by Crippen LogP contribution is 2.30.